The zero-order valence-corrected chi connectivity index (χ0v) is 14.4. The van der Waals surface area contributed by atoms with Gasteiger partial charge in [-0.15, -0.1) is 0 Å². The Labute approximate surface area is 131 Å². The van der Waals surface area contributed by atoms with Crippen molar-refractivity contribution in [3.63, 3.8) is 0 Å². The highest BCUT2D eigenvalue weighted by Gasteiger charge is 2.11. The minimum Gasteiger partial charge on any atom is -0.507 e. The number of phenols is 1. The summed E-state index contributed by atoms with van der Waals surface area (Å²) in [6.07, 6.45) is 6.63. The van der Waals surface area contributed by atoms with Gasteiger partial charge >= 0.3 is 0 Å². The second kappa shape index (κ2) is 9.83. The zero-order valence-electron chi connectivity index (χ0n) is 14.4. The fraction of sp³-hybridized carbons (Fsp3) is 0.684. The largest absolute Gasteiger partial charge is 0.507 e. The minimum atomic E-state index is 0.556. The Morgan fingerprint density at radius 1 is 0.857 bits per heavy atom. The van der Waals surface area contributed by atoms with E-state index in [9.17, 15) is 5.11 Å². The van der Waals surface area contributed by atoms with Crippen LogP contribution >= 0.6 is 0 Å². The van der Waals surface area contributed by atoms with Gasteiger partial charge in [0, 0.05) is 6.54 Å². The summed E-state index contributed by atoms with van der Waals surface area (Å²) in [6, 6.07) is 4.44. The fourth-order valence-electron chi connectivity index (χ4n) is 2.74. The van der Waals surface area contributed by atoms with E-state index >= 15 is 0 Å². The van der Waals surface area contributed by atoms with Crippen molar-refractivity contribution in [1.29, 1.82) is 0 Å². The van der Waals surface area contributed by atoms with Crippen molar-refractivity contribution in [3.8, 4) is 5.75 Å². The highest BCUT2D eigenvalue weighted by Crippen LogP contribution is 2.28. The third-order valence-corrected chi connectivity index (χ3v) is 4.23. The Morgan fingerprint density at radius 3 is 1.71 bits per heavy atom. The van der Waals surface area contributed by atoms with E-state index in [-0.39, 0.29) is 0 Å². The topological polar surface area (TPSA) is 23.5 Å². The first-order valence-electron chi connectivity index (χ1n) is 8.72. The van der Waals surface area contributed by atoms with Crippen LogP contribution in [0.3, 0.4) is 0 Å². The lowest BCUT2D eigenvalue weighted by Crippen LogP contribution is -2.22. The molecule has 0 saturated carbocycles. The quantitative estimate of drug-likeness (QED) is 0.661. The van der Waals surface area contributed by atoms with E-state index in [1.54, 1.807) is 0 Å². The minimum absolute atomic E-state index is 0.556. The lowest BCUT2D eigenvalue weighted by atomic mass is 9.97. The Bertz CT molecular complexity index is 381. The van der Waals surface area contributed by atoms with Crippen LogP contribution < -0.4 is 0 Å². The summed E-state index contributed by atoms with van der Waals surface area (Å²) in [4.78, 5) is 2.43. The van der Waals surface area contributed by atoms with Crippen LogP contribution in [0, 0.1) is 0 Å². The van der Waals surface area contributed by atoms with Crippen LogP contribution in [-0.4, -0.2) is 23.1 Å². The van der Waals surface area contributed by atoms with Crippen LogP contribution in [0.1, 0.15) is 70.1 Å². The van der Waals surface area contributed by atoms with Gasteiger partial charge in [-0.05, 0) is 55.5 Å². The summed E-state index contributed by atoms with van der Waals surface area (Å²) >= 11 is 0. The summed E-state index contributed by atoms with van der Waals surface area (Å²) in [7, 11) is 0. The molecule has 21 heavy (non-hydrogen) atoms. The maximum Gasteiger partial charge on any atom is 0.121 e. The molecular weight excluding hydrogens is 258 g/mol. The number of hydrogen-bond acceptors (Lipinski definition) is 2. The summed E-state index contributed by atoms with van der Waals surface area (Å²) < 4.78 is 0. The van der Waals surface area contributed by atoms with Gasteiger partial charge in [-0.1, -0.05) is 52.7 Å². The van der Waals surface area contributed by atoms with Crippen molar-refractivity contribution in [2.45, 2.75) is 72.8 Å². The van der Waals surface area contributed by atoms with Crippen molar-refractivity contribution < 1.29 is 5.11 Å². The zero-order chi connectivity index (χ0) is 15.7. The van der Waals surface area contributed by atoms with Gasteiger partial charge in [-0.25, -0.2) is 0 Å². The first kappa shape index (κ1) is 18.0. The second-order valence-electron chi connectivity index (χ2n) is 5.93. The van der Waals surface area contributed by atoms with Crippen LogP contribution in [0.15, 0.2) is 12.1 Å². The van der Waals surface area contributed by atoms with E-state index < -0.39 is 0 Å². The molecule has 0 saturated heterocycles. The average Bonchev–Trinajstić information content (AvgIpc) is 2.51. The number of phenolic OH excluding ortho intramolecular Hbond substituents is 1. The number of unbranched alkanes of at least 4 members (excludes halogenated alkanes) is 2. The smallest absolute Gasteiger partial charge is 0.121 e. The van der Waals surface area contributed by atoms with Crippen molar-refractivity contribution in [2.75, 3.05) is 13.1 Å². The van der Waals surface area contributed by atoms with Crippen LogP contribution in [0.4, 0.5) is 0 Å². The van der Waals surface area contributed by atoms with E-state index in [2.05, 4.69) is 44.7 Å². The standard InChI is InChI=1S/C19H33NO/c1-5-9-11-17-13-16(15-20(7-3)8-4)14-18(19(17)21)12-10-6-2/h13-14,21H,5-12,15H2,1-4H3. The molecule has 0 bridgehead atoms. The third-order valence-electron chi connectivity index (χ3n) is 4.23. The van der Waals surface area contributed by atoms with E-state index in [0.29, 0.717) is 5.75 Å². The highest BCUT2D eigenvalue weighted by atomic mass is 16.3. The number of benzene rings is 1. The molecule has 0 radical (unpaired) electrons. The summed E-state index contributed by atoms with van der Waals surface area (Å²) in [5.41, 5.74) is 3.65. The SMILES string of the molecule is CCCCc1cc(CN(CC)CC)cc(CCCC)c1O. The molecule has 120 valence electrons. The van der Waals surface area contributed by atoms with Gasteiger partial charge in [0.1, 0.15) is 5.75 Å². The van der Waals surface area contributed by atoms with Crippen LogP contribution in [0.25, 0.3) is 0 Å². The predicted octanol–water partition coefficient (Wildman–Crippen LogP) is 4.92. The monoisotopic (exact) mass is 291 g/mol. The molecule has 0 fully saturated rings. The maximum absolute atomic E-state index is 10.5. The Balaban J connectivity index is 3.00. The summed E-state index contributed by atoms with van der Waals surface area (Å²) in [6.45, 7) is 12.0. The molecule has 0 aromatic heterocycles. The summed E-state index contributed by atoms with van der Waals surface area (Å²) in [5.74, 6) is 0.556. The van der Waals surface area contributed by atoms with Crippen molar-refractivity contribution in [3.05, 3.63) is 28.8 Å². The molecule has 1 aromatic carbocycles. The van der Waals surface area contributed by atoms with Crippen molar-refractivity contribution >= 4 is 0 Å². The van der Waals surface area contributed by atoms with Gasteiger partial charge in [0.25, 0.3) is 0 Å². The third kappa shape index (κ3) is 5.70. The Hall–Kier alpha value is -1.02. The lowest BCUT2D eigenvalue weighted by Gasteiger charge is -2.20. The van der Waals surface area contributed by atoms with Crippen LogP contribution in [0.5, 0.6) is 5.75 Å². The van der Waals surface area contributed by atoms with Gasteiger partial charge in [-0.2, -0.15) is 0 Å². The van der Waals surface area contributed by atoms with Gasteiger partial charge < -0.3 is 5.11 Å². The van der Waals surface area contributed by atoms with Gasteiger partial charge in [0.05, 0.1) is 0 Å². The first-order valence-corrected chi connectivity index (χ1v) is 8.72. The van der Waals surface area contributed by atoms with Gasteiger partial charge in [0.15, 0.2) is 0 Å². The number of rotatable bonds is 10. The molecule has 0 aliphatic rings. The van der Waals surface area contributed by atoms with E-state index in [1.807, 2.05) is 0 Å². The first-order chi connectivity index (χ1) is 10.2. The normalized spacial score (nSPS) is 11.3. The molecule has 0 spiro atoms. The molecule has 0 aliphatic carbocycles. The molecule has 0 amide bonds. The van der Waals surface area contributed by atoms with Crippen LogP contribution in [0.2, 0.25) is 0 Å². The number of hydrogen-bond donors (Lipinski definition) is 1. The maximum atomic E-state index is 10.5. The molecule has 0 unspecified atom stereocenters. The molecule has 0 aliphatic heterocycles. The van der Waals surface area contributed by atoms with Gasteiger partial charge in [0.2, 0.25) is 0 Å². The highest BCUT2D eigenvalue weighted by molar-refractivity contribution is 5.44. The van der Waals surface area contributed by atoms with E-state index in [0.717, 1.165) is 56.4 Å². The molecule has 1 rings (SSSR count). The lowest BCUT2D eigenvalue weighted by molar-refractivity contribution is 0.295. The average molecular weight is 291 g/mol. The van der Waals surface area contributed by atoms with Gasteiger partial charge in [-0.3, -0.25) is 4.90 Å². The van der Waals surface area contributed by atoms with Crippen molar-refractivity contribution in [1.82, 2.24) is 4.90 Å². The molecule has 1 aromatic rings. The number of aromatic hydroxyl groups is 1. The Kier molecular flexibility index (Phi) is 8.44. The van der Waals surface area contributed by atoms with Crippen LogP contribution in [-0.2, 0) is 19.4 Å². The molecule has 0 heterocycles. The fourth-order valence-corrected chi connectivity index (χ4v) is 2.74. The van der Waals surface area contributed by atoms with Crippen molar-refractivity contribution in [2.24, 2.45) is 0 Å². The summed E-state index contributed by atoms with van der Waals surface area (Å²) in [5, 5.41) is 10.5. The number of nitrogens with zero attached hydrogens (tertiary/aromatic N) is 1. The molecule has 0 atom stereocenters. The molecular formula is C19H33NO. The molecule has 2 nitrogen and oxygen atoms in total. The van der Waals surface area contributed by atoms with E-state index in [4.69, 9.17) is 0 Å². The second-order valence-corrected chi connectivity index (χ2v) is 5.93. The number of aryl methyl sites for hydroxylation is 2. The molecule has 2 heteroatoms. The van der Waals surface area contributed by atoms with E-state index in [1.165, 1.54) is 18.4 Å². The molecule has 1 N–H and O–H groups in total. The Morgan fingerprint density at radius 2 is 1.33 bits per heavy atom. The predicted molar refractivity (Wildman–Crippen MR) is 92.0 cm³/mol.